The SMILES string of the molecule is CN(Cc1cccc(C#N)c1)C(=O)[C@@H](N)c1ccccc1. The van der Waals surface area contributed by atoms with Gasteiger partial charge in [0.2, 0.25) is 5.91 Å². The van der Waals surface area contributed by atoms with Crippen molar-refractivity contribution >= 4 is 5.91 Å². The second kappa shape index (κ2) is 6.69. The van der Waals surface area contributed by atoms with E-state index in [-0.39, 0.29) is 5.91 Å². The van der Waals surface area contributed by atoms with E-state index in [4.69, 9.17) is 11.0 Å². The maximum Gasteiger partial charge on any atom is 0.244 e. The third-order valence-corrected chi connectivity index (χ3v) is 3.28. The molecule has 1 atom stereocenters. The molecule has 0 bridgehead atoms. The number of benzene rings is 2. The van der Waals surface area contributed by atoms with Gasteiger partial charge in [-0.1, -0.05) is 42.5 Å². The van der Waals surface area contributed by atoms with Gasteiger partial charge in [-0.05, 0) is 23.3 Å². The topological polar surface area (TPSA) is 70.1 Å². The van der Waals surface area contributed by atoms with E-state index in [1.54, 1.807) is 24.1 Å². The predicted octanol–water partition coefficient (Wildman–Crippen LogP) is 2.22. The van der Waals surface area contributed by atoms with Gasteiger partial charge in [0.05, 0.1) is 11.6 Å². The summed E-state index contributed by atoms with van der Waals surface area (Å²) >= 11 is 0. The van der Waals surface area contributed by atoms with Crippen LogP contribution in [0.5, 0.6) is 0 Å². The average Bonchev–Trinajstić information content (AvgIpc) is 2.54. The number of likely N-dealkylation sites (N-methyl/N-ethyl adjacent to an activating group) is 1. The fourth-order valence-electron chi connectivity index (χ4n) is 2.13. The fraction of sp³-hybridized carbons (Fsp3) is 0.176. The Hall–Kier alpha value is -2.64. The number of amides is 1. The van der Waals surface area contributed by atoms with Crippen LogP contribution in [-0.2, 0) is 11.3 Å². The summed E-state index contributed by atoms with van der Waals surface area (Å²) in [5, 5.41) is 8.89. The molecule has 0 radical (unpaired) electrons. The Morgan fingerprint density at radius 1 is 1.24 bits per heavy atom. The van der Waals surface area contributed by atoms with Crippen LogP contribution in [0.25, 0.3) is 0 Å². The molecule has 0 heterocycles. The van der Waals surface area contributed by atoms with Gasteiger partial charge in [0.25, 0.3) is 0 Å². The zero-order valence-corrected chi connectivity index (χ0v) is 11.9. The maximum atomic E-state index is 12.3. The number of carbonyl (C=O) groups is 1. The largest absolute Gasteiger partial charge is 0.340 e. The van der Waals surface area contributed by atoms with Crippen molar-refractivity contribution in [2.45, 2.75) is 12.6 Å². The fourth-order valence-corrected chi connectivity index (χ4v) is 2.13. The van der Waals surface area contributed by atoms with Gasteiger partial charge in [-0.2, -0.15) is 5.26 Å². The molecule has 4 nitrogen and oxygen atoms in total. The second-order valence-electron chi connectivity index (χ2n) is 4.89. The molecule has 106 valence electrons. The molecule has 0 aromatic heterocycles. The second-order valence-corrected chi connectivity index (χ2v) is 4.89. The molecular weight excluding hydrogens is 262 g/mol. The normalized spacial score (nSPS) is 11.5. The Bertz CT molecular complexity index is 661. The van der Waals surface area contributed by atoms with Gasteiger partial charge in [0, 0.05) is 13.6 Å². The third kappa shape index (κ3) is 3.68. The number of nitrogens with zero attached hydrogens (tertiary/aromatic N) is 2. The van der Waals surface area contributed by atoms with Crippen molar-refractivity contribution in [2.75, 3.05) is 7.05 Å². The van der Waals surface area contributed by atoms with Crippen LogP contribution in [0.3, 0.4) is 0 Å². The van der Waals surface area contributed by atoms with Crippen LogP contribution in [0.4, 0.5) is 0 Å². The summed E-state index contributed by atoms with van der Waals surface area (Å²) in [5.74, 6) is -0.149. The van der Waals surface area contributed by atoms with Crippen molar-refractivity contribution in [3.05, 3.63) is 71.3 Å². The van der Waals surface area contributed by atoms with Crippen molar-refractivity contribution in [3.63, 3.8) is 0 Å². The maximum absolute atomic E-state index is 12.3. The highest BCUT2D eigenvalue weighted by Gasteiger charge is 2.19. The number of rotatable bonds is 4. The number of nitrogens with two attached hydrogens (primary N) is 1. The molecule has 0 unspecified atom stereocenters. The minimum absolute atomic E-state index is 0.149. The molecule has 2 aromatic carbocycles. The van der Waals surface area contributed by atoms with Gasteiger partial charge in [0.1, 0.15) is 6.04 Å². The summed E-state index contributed by atoms with van der Waals surface area (Å²) in [5.41, 5.74) is 8.29. The van der Waals surface area contributed by atoms with E-state index in [9.17, 15) is 4.79 Å². The van der Waals surface area contributed by atoms with Crippen LogP contribution < -0.4 is 5.73 Å². The number of carbonyl (C=O) groups excluding carboxylic acids is 1. The molecule has 2 rings (SSSR count). The first kappa shape index (κ1) is 14.8. The zero-order chi connectivity index (χ0) is 15.2. The van der Waals surface area contributed by atoms with E-state index in [1.165, 1.54) is 0 Å². The molecule has 21 heavy (non-hydrogen) atoms. The lowest BCUT2D eigenvalue weighted by molar-refractivity contribution is -0.131. The summed E-state index contributed by atoms with van der Waals surface area (Å²) in [6.07, 6.45) is 0. The van der Waals surface area contributed by atoms with Gasteiger partial charge in [-0.25, -0.2) is 0 Å². The smallest absolute Gasteiger partial charge is 0.244 e. The van der Waals surface area contributed by atoms with E-state index in [0.29, 0.717) is 12.1 Å². The first-order chi connectivity index (χ1) is 10.1. The van der Waals surface area contributed by atoms with Gasteiger partial charge in [-0.3, -0.25) is 4.79 Å². The molecule has 2 N–H and O–H groups in total. The van der Waals surface area contributed by atoms with Gasteiger partial charge >= 0.3 is 0 Å². The Labute approximate surface area is 124 Å². The van der Waals surface area contributed by atoms with Crippen molar-refractivity contribution in [2.24, 2.45) is 5.73 Å². The lowest BCUT2D eigenvalue weighted by Crippen LogP contribution is -2.35. The van der Waals surface area contributed by atoms with E-state index < -0.39 is 6.04 Å². The third-order valence-electron chi connectivity index (χ3n) is 3.28. The van der Waals surface area contributed by atoms with Crippen LogP contribution in [-0.4, -0.2) is 17.9 Å². The molecule has 0 saturated heterocycles. The number of hydrogen-bond donors (Lipinski definition) is 1. The Morgan fingerprint density at radius 2 is 1.95 bits per heavy atom. The minimum atomic E-state index is -0.671. The van der Waals surface area contributed by atoms with Crippen LogP contribution in [0, 0.1) is 11.3 Å². The highest BCUT2D eigenvalue weighted by atomic mass is 16.2. The molecule has 0 spiro atoms. The summed E-state index contributed by atoms with van der Waals surface area (Å²) < 4.78 is 0. The highest BCUT2D eigenvalue weighted by Crippen LogP contribution is 2.14. The van der Waals surface area contributed by atoms with E-state index in [2.05, 4.69) is 6.07 Å². The molecule has 0 aliphatic rings. The van der Waals surface area contributed by atoms with Gasteiger partial charge < -0.3 is 10.6 Å². The van der Waals surface area contributed by atoms with Crippen LogP contribution in [0.15, 0.2) is 54.6 Å². The van der Waals surface area contributed by atoms with Crippen LogP contribution in [0.1, 0.15) is 22.7 Å². The summed E-state index contributed by atoms with van der Waals surface area (Å²) in [7, 11) is 1.71. The lowest BCUT2D eigenvalue weighted by atomic mass is 10.1. The first-order valence-electron chi connectivity index (χ1n) is 6.66. The van der Waals surface area contributed by atoms with Crippen molar-refractivity contribution in [1.29, 1.82) is 5.26 Å². The molecule has 2 aromatic rings. The van der Waals surface area contributed by atoms with Gasteiger partial charge in [0.15, 0.2) is 0 Å². The number of nitriles is 1. The molecule has 0 saturated carbocycles. The van der Waals surface area contributed by atoms with E-state index in [1.807, 2.05) is 42.5 Å². The standard InChI is InChI=1S/C17H17N3O/c1-20(12-14-7-5-6-13(10-14)11-18)17(21)16(19)15-8-3-2-4-9-15/h2-10,16H,12,19H2,1H3/t16-/m0/s1. The summed E-state index contributed by atoms with van der Waals surface area (Å²) in [4.78, 5) is 13.9. The van der Waals surface area contributed by atoms with Gasteiger partial charge in [-0.15, -0.1) is 0 Å². The van der Waals surface area contributed by atoms with E-state index in [0.717, 1.165) is 11.1 Å². The Kier molecular flexibility index (Phi) is 4.70. The Balaban J connectivity index is 2.07. The Morgan fingerprint density at radius 3 is 2.62 bits per heavy atom. The summed E-state index contributed by atoms with van der Waals surface area (Å²) in [6.45, 7) is 0.425. The molecule has 0 aliphatic carbocycles. The monoisotopic (exact) mass is 279 g/mol. The van der Waals surface area contributed by atoms with Crippen molar-refractivity contribution in [3.8, 4) is 6.07 Å². The molecule has 0 aliphatic heterocycles. The molecule has 0 fully saturated rings. The quantitative estimate of drug-likeness (QED) is 0.932. The number of hydrogen-bond acceptors (Lipinski definition) is 3. The lowest BCUT2D eigenvalue weighted by Gasteiger charge is -2.21. The predicted molar refractivity (Wildman–Crippen MR) is 81.0 cm³/mol. The summed E-state index contributed by atoms with van der Waals surface area (Å²) in [6, 6.07) is 17.9. The van der Waals surface area contributed by atoms with Crippen LogP contribution in [0.2, 0.25) is 0 Å². The minimum Gasteiger partial charge on any atom is -0.340 e. The van der Waals surface area contributed by atoms with Crippen molar-refractivity contribution < 1.29 is 4.79 Å². The van der Waals surface area contributed by atoms with Crippen molar-refractivity contribution in [1.82, 2.24) is 4.90 Å². The first-order valence-corrected chi connectivity index (χ1v) is 6.66. The van der Waals surface area contributed by atoms with E-state index >= 15 is 0 Å². The molecule has 1 amide bonds. The zero-order valence-electron chi connectivity index (χ0n) is 11.9. The van der Waals surface area contributed by atoms with Crippen LogP contribution >= 0.6 is 0 Å². The molecule has 4 heteroatoms. The average molecular weight is 279 g/mol. The highest BCUT2D eigenvalue weighted by molar-refractivity contribution is 5.82. The molecular formula is C17H17N3O.